The third-order valence-electron chi connectivity index (χ3n) is 4.12. The lowest BCUT2D eigenvalue weighted by molar-refractivity contribution is 0.140. The summed E-state index contributed by atoms with van der Waals surface area (Å²) in [5.74, 6) is 0.738. The molecule has 7 heteroatoms. The maximum absolute atomic E-state index is 12.1. The van der Waals surface area contributed by atoms with E-state index in [2.05, 4.69) is 12.2 Å². The third-order valence-corrected chi connectivity index (χ3v) is 4.35. The lowest BCUT2D eigenvalue weighted by Gasteiger charge is -2.14. The molecule has 5 nitrogen and oxygen atoms in total. The molecule has 1 aliphatic rings. The zero-order valence-electron chi connectivity index (χ0n) is 15.2. The van der Waals surface area contributed by atoms with E-state index in [0.717, 1.165) is 30.0 Å². The Kier molecular flexibility index (Phi) is 8.23. The first-order valence-corrected chi connectivity index (χ1v) is 9.19. The van der Waals surface area contributed by atoms with Crippen molar-refractivity contribution < 1.29 is 14.3 Å². The summed E-state index contributed by atoms with van der Waals surface area (Å²) in [6.07, 6.45) is 0.634. The van der Waals surface area contributed by atoms with Crippen LogP contribution in [-0.2, 0) is 11.3 Å². The number of nitrogens with one attached hydrogen (secondary N) is 1. The Morgan fingerprint density at radius 3 is 2.74 bits per heavy atom. The van der Waals surface area contributed by atoms with Crippen LogP contribution in [0.5, 0.6) is 5.75 Å². The number of halogens is 2. The number of rotatable bonds is 8. The molecule has 1 amide bonds. The molecule has 0 saturated carbocycles. The van der Waals surface area contributed by atoms with Crippen molar-refractivity contribution in [3.63, 3.8) is 0 Å². The summed E-state index contributed by atoms with van der Waals surface area (Å²) < 4.78 is 11.2. The monoisotopic (exact) mass is 410 g/mol. The highest BCUT2D eigenvalue weighted by Gasteiger charge is 2.31. The number of nitrogens with zero attached hydrogens (tertiary/aromatic N) is 1. The number of carbonyl (C=O) groups is 1. The largest absolute Gasteiger partial charge is 0.489 e. The summed E-state index contributed by atoms with van der Waals surface area (Å²) in [5.41, 5.74) is 1.82. The van der Waals surface area contributed by atoms with Gasteiger partial charge in [0.1, 0.15) is 18.5 Å². The van der Waals surface area contributed by atoms with E-state index in [1.807, 2.05) is 48.5 Å². The molecule has 1 N–H and O–H groups in total. The van der Waals surface area contributed by atoms with Crippen molar-refractivity contribution in [2.24, 2.45) is 0 Å². The van der Waals surface area contributed by atoms with Gasteiger partial charge in [-0.25, -0.2) is 4.79 Å². The van der Waals surface area contributed by atoms with Gasteiger partial charge in [0.05, 0.1) is 6.54 Å². The van der Waals surface area contributed by atoms with E-state index < -0.39 is 0 Å². The predicted octanol–water partition coefficient (Wildman–Crippen LogP) is 4.67. The SMILES string of the molecule is CCCNCC1CN(c2ccc(OCc3cccc(Cl)c3)cc2)C(=O)O1.Cl. The molecular weight excluding hydrogens is 387 g/mol. The van der Waals surface area contributed by atoms with Crippen LogP contribution >= 0.6 is 24.0 Å². The first kappa shape index (κ1) is 21.4. The number of amides is 1. The fourth-order valence-corrected chi connectivity index (χ4v) is 3.01. The Morgan fingerprint density at radius 1 is 1.26 bits per heavy atom. The number of carbonyl (C=O) groups excluding carboxylic acids is 1. The summed E-state index contributed by atoms with van der Waals surface area (Å²) in [5, 5.41) is 3.97. The van der Waals surface area contributed by atoms with Gasteiger partial charge < -0.3 is 14.8 Å². The second-order valence-electron chi connectivity index (χ2n) is 6.23. The number of cyclic esters (lactones) is 1. The number of ether oxygens (including phenoxy) is 2. The van der Waals surface area contributed by atoms with E-state index >= 15 is 0 Å². The summed E-state index contributed by atoms with van der Waals surface area (Å²) >= 11 is 5.98. The van der Waals surface area contributed by atoms with Crippen LogP contribution < -0.4 is 15.0 Å². The Labute approximate surface area is 171 Å². The van der Waals surface area contributed by atoms with Gasteiger partial charge in [-0.3, -0.25) is 4.90 Å². The Balaban J connectivity index is 0.00000261. The first-order valence-electron chi connectivity index (χ1n) is 8.82. The van der Waals surface area contributed by atoms with Gasteiger partial charge in [0.15, 0.2) is 0 Å². The Bertz CT molecular complexity index is 740. The Hall–Kier alpha value is -1.95. The minimum absolute atomic E-state index is 0. The molecule has 0 bridgehead atoms. The molecule has 0 aliphatic carbocycles. The fraction of sp³-hybridized carbons (Fsp3) is 0.350. The van der Waals surface area contributed by atoms with Crippen LogP contribution in [0.1, 0.15) is 18.9 Å². The normalized spacial score (nSPS) is 16.0. The quantitative estimate of drug-likeness (QED) is 0.642. The molecule has 1 fully saturated rings. The van der Waals surface area contributed by atoms with Crippen LogP contribution in [0, 0.1) is 0 Å². The van der Waals surface area contributed by atoms with E-state index in [1.165, 1.54) is 0 Å². The number of hydrogen-bond donors (Lipinski definition) is 1. The van der Waals surface area contributed by atoms with Crippen molar-refractivity contribution >= 4 is 35.8 Å². The molecule has 0 aromatic heterocycles. The molecule has 3 rings (SSSR count). The summed E-state index contributed by atoms with van der Waals surface area (Å²) in [6.45, 7) is 4.70. The standard InChI is InChI=1S/C20H23ClN2O3.ClH/c1-2-10-22-12-19-13-23(20(24)26-19)17-6-8-18(9-7-17)25-14-15-4-3-5-16(21)11-15;/h3-9,11,19,22H,2,10,12-14H2,1H3;1H. The molecule has 1 unspecified atom stereocenters. The molecule has 2 aromatic rings. The fourth-order valence-electron chi connectivity index (χ4n) is 2.79. The van der Waals surface area contributed by atoms with E-state index in [-0.39, 0.29) is 24.6 Å². The summed E-state index contributed by atoms with van der Waals surface area (Å²) in [4.78, 5) is 13.7. The van der Waals surface area contributed by atoms with E-state index in [1.54, 1.807) is 4.90 Å². The van der Waals surface area contributed by atoms with Crippen molar-refractivity contribution in [2.45, 2.75) is 26.1 Å². The van der Waals surface area contributed by atoms with Crippen LogP contribution in [0.25, 0.3) is 0 Å². The maximum atomic E-state index is 12.1. The van der Waals surface area contributed by atoms with Gasteiger partial charge >= 0.3 is 6.09 Å². The summed E-state index contributed by atoms with van der Waals surface area (Å²) in [7, 11) is 0. The maximum Gasteiger partial charge on any atom is 0.414 e. The predicted molar refractivity (Wildman–Crippen MR) is 110 cm³/mol. The minimum Gasteiger partial charge on any atom is -0.489 e. The number of anilines is 1. The average molecular weight is 411 g/mol. The smallest absolute Gasteiger partial charge is 0.414 e. The van der Waals surface area contributed by atoms with Gasteiger partial charge in [0.2, 0.25) is 0 Å². The minimum atomic E-state index is -0.305. The van der Waals surface area contributed by atoms with E-state index in [0.29, 0.717) is 24.7 Å². The van der Waals surface area contributed by atoms with E-state index in [4.69, 9.17) is 21.1 Å². The van der Waals surface area contributed by atoms with Crippen molar-refractivity contribution in [1.82, 2.24) is 5.32 Å². The van der Waals surface area contributed by atoms with Crippen LogP contribution in [-0.4, -0.2) is 31.8 Å². The van der Waals surface area contributed by atoms with Crippen LogP contribution in [0.3, 0.4) is 0 Å². The van der Waals surface area contributed by atoms with Crippen LogP contribution in [0.15, 0.2) is 48.5 Å². The number of hydrogen-bond acceptors (Lipinski definition) is 4. The molecule has 27 heavy (non-hydrogen) atoms. The number of benzene rings is 2. The van der Waals surface area contributed by atoms with Crippen LogP contribution in [0.4, 0.5) is 10.5 Å². The molecule has 1 aliphatic heterocycles. The molecule has 146 valence electrons. The first-order chi connectivity index (χ1) is 12.7. The van der Waals surface area contributed by atoms with Crippen LogP contribution in [0.2, 0.25) is 5.02 Å². The topological polar surface area (TPSA) is 50.8 Å². The highest BCUT2D eigenvalue weighted by molar-refractivity contribution is 6.30. The second-order valence-corrected chi connectivity index (χ2v) is 6.67. The average Bonchev–Trinajstić information content (AvgIpc) is 3.01. The van der Waals surface area contributed by atoms with Gasteiger partial charge in [0.25, 0.3) is 0 Å². The molecule has 1 heterocycles. The van der Waals surface area contributed by atoms with Gasteiger partial charge in [-0.1, -0.05) is 30.7 Å². The molecule has 0 spiro atoms. The highest BCUT2D eigenvalue weighted by Crippen LogP contribution is 2.24. The van der Waals surface area contributed by atoms with Gasteiger partial charge in [0, 0.05) is 17.3 Å². The summed E-state index contributed by atoms with van der Waals surface area (Å²) in [6, 6.07) is 15.0. The molecule has 0 radical (unpaired) electrons. The van der Waals surface area contributed by atoms with Crippen molar-refractivity contribution in [1.29, 1.82) is 0 Å². The third kappa shape index (κ3) is 6.03. The second kappa shape index (κ2) is 10.4. The van der Waals surface area contributed by atoms with Crippen molar-refractivity contribution in [3.05, 3.63) is 59.1 Å². The zero-order valence-corrected chi connectivity index (χ0v) is 16.8. The zero-order chi connectivity index (χ0) is 18.4. The Morgan fingerprint density at radius 2 is 2.04 bits per heavy atom. The van der Waals surface area contributed by atoms with Gasteiger partial charge in [-0.05, 0) is 54.9 Å². The molecule has 1 atom stereocenters. The van der Waals surface area contributed by atoms with Gasteiger partial charge in [-0.15, -0.1) is 12.4 Å². The lowest BCUT2D eigenvalue weighted by atomic mass is 10.2. The molecular formula is C20H24Cl2N2O3. The molecule has 1 saturated heterocycles. The van der Waals surface area contributed by atoms with Crippen molar-refractivity contribution in [3.8, 4) is 5.75 Å². The van der Waals surface area contributed by atoms with Crippen molar-refractivity contribution in [2.75, 3.05) is 24.5 Å². The lowest BCUT2D eigenvalue weighted by Crippen LogP contribution is -2.31. The molecule has 2 aromatic carbocycles. The highest BCUT2D eigenvalue weighted by atomic mass is 35.5. The van der Waals surface area contributed by atoms with E-state index in [9.17, 15) is 4.79 Å². The van der Waals surface area contributed by atoms with Gasteiger partial charge in [-0.2, -0.15) is 0 Å².